The van der Waals surface area contributed by atoms with Crippen LogP contribution in [0.2, 0.25) is 0 Å². The van der Waals surface area contributed by atoms with Crippen LogP contribution in [0.5, 0.6) is 0 Å². The first-order valence-electron chi connectivity index (χ1n) is 8.45. The number of nitrogens with one attached hydrogen (secondary N) is 2. The third-order valence-electron chi connectivity index (χ3n) is 4.23. The van der Waals surface area contributed by atoms with Crippen molar-refractivity contribution in [3.8, 4) is 11.3 Å². The van der Waals surface area contributed by atoms with E-state index in [4.69, 9.17) is 0 Å². The molecule has 0 aliphatic heterocycles. The second kappa shape index (κ2) is 7.20. The molecule has 134 valence electrons. The van der Waals surface area contributed by atoms with Gasteiger partial charge in [-0.3, -0.25) is 9.89 Å². The largest absolute Gasteiger partial charge is 0.277 e. The summed E-state index contributed by atoms with van der Waals surface area (Å²) in [5.41, 5.74) is 6.70. The van der Waals surface area contributed by atoms with Crippen molar-refractivity contribution in [1.29, 1.82) is 0 Å². The highest BCUT2D eigenvalue weighted by atomic mass is 16.2. The summed E-state index contributed by atoms with van der Waals surface area (Å²) < 4.78 is 1.58. The van der Waals surface area contributed by atoms with E-state index in [1.807, 2.05) is 54.6 Å². The molecule has 4 rings (SSSR count). The smallest absolute Gasteiger partial charge is 0.264 e. The number of carbonyl (C=O) groups is 1. The fraction of sp³-hybridized carbons (Fsp3) is 0.105. The van der Waals surface area contributed by atoms with Crippen molar-refractivity contribution in [1.82, 2.24) is 30.6 Å². The number of benzene rings is 2. The van der Waals surface area contributed by atoms with Gasteiger partial charge in [0.1, 0.15) is 11.6 Å². The molecule has 0 spiro atoms. The van der Waals surface area contributed by atoms with Gasteiger partial charge < -0.3 is 0 Å². The predicted octanol–water partition coefficient (Wildman–Crippen LogP) is 2.53. The summed E-state index contributed by atoms with van der Waals surface area (Å²) >= 11 is 0. The van der Waals surface area contributed by atoms with Crippen LogP contribution in [0, 0.1) is 0 Å². The second-order valence-electron chi connectivity index (χ2n) is 6.00. The molecular weight excluding hydrogens is 342 g/mol. The molecule has 1 unspecified atom stereocenters. The zero-order valence-corrected chi connectivity index (χ0v) is 14.6. The average Bonchev–Trinajstić information content (AvgIpc) is 3.35. The van der Waals surface area contributed by atoms with E-state index in [1.54, 1.807) is 24.0 Å². The summed E-state index contributed by atoms with van der Waals surface area (Å²) in [5.74, 6) is -0.286. The number of H-pyrrole nitrogens is 1. The number of nitrogens with zero attached hydrogens (tertiary/aromatic N) is 5. The minimum atomic E-state index is -0.549. The van der Waals surface area contributed by atoms with Crippen LogP contribution >= 0.6 is 0 Å². The molecule has 1 atom stereocenters. The highest BCUT2D eigenvalue weighted by molar-refractivity contribution is 5.90. The van der Waals surface area contributed by atoms with Crippen LogP contribution in [-0.2, 0) is 4.79 Å². The highest BCUT2D eigenvalue weighted by Gasteiger charge is 2.18. The lowest BCUT2D eigenvalue weighted by atomic mass is 10.1. The molecule has 0 bridgehead atoms. The number of hydrogen-bond acceptors (Lipinski definition) is 5. The Morgan fingerprint density at radius 1 is 1.19 bits per heavy atom. The molecule has 0 saturated carbocycles. The first-order chi connectivity index (χ1) is 13.2. The molecule has 0 aliphatic carbocycles. The Morgan fingerprint density at radius 3 is 2.81 bits per heavy atom. The number of fused-ring (bicyclic) bond motifs is 1. The zero-order valence-electron chi connectivity index (χ0n) is 14.6. The average molecular weight is 359 g/mol. The Morgan fingerprint density at radius 2 is 1.96 bits per heavy atom. The molecule has 2 aromatic carbocycles. The minimum Gasteiger partial charge on any atom is -0.277 e. The fourth-order valence-corrected chi connectivity index (χ4v) is 2.77. The molecule has 8 heteroatoms. The summed E-state index contributed by atoms with van der Waals surface area (Å²) in [5, 5.41) is 19.2. The number of hydrogen-bond donors (Lipinski definition) is 2. The van der Waals surface area contributed by atoms with Crippen LogP contribution in [0.3, 0.4) is 0 Å². The molecule has 8 nitrogen and oxygen atoms in total. The standard InChI is InChI=1S/C19H17N7O/c1-13(26-17-10-6-5-9-16(17)22-25-26)19(27)24-21-12-15-11-20-23-18(15)14-7-3-2-4-8-14/h2-13H,1H3,(H,20,23)(H,24,27)/b21-12+. The van der Waals surface area contributed by atoms with Gasteiger partial charge in [-0.25, -0.2) is 10.1 Å². The summed E-state index contributed by atoms with van der Waals surface area (Å²) in [6.45, 7) is 1.75. The van der Waals surface area contributed by atoms with Crippen molar-refractivity contribution in [3.05, 3.63) is 66.4 Å². The molecule has 2 N–H and O–H groups in total. The first-order valence-corrected chi connectivity index (χ1v) is 8.45. The van der Waals surface area contributed by atoms with Crippen molar-refractivity contribution in [2.24, 2.45) is 5.10 Å². The number of rotatable bonds is 5. The van der Waals surface area contributed by atoms with Gasteiger partial charge in [0.2, 0.25) is 0 Å². The Kier molecular flexibility index (Phi) is 4.44. The van der Waals surface area contributed by atoms with Gasteiger partial charge in [-0.15, -0.1) is 5.10 Å². The summed E-state index contributed by atoms with van der Waals surface area (Å²) in [4.78, 5) is 12.4. The topological polar surface area (TPSA) is 101 Å². The molecule has 0 radical (unpaired) electrons. The third kappa shape index (κ3) is 3.32. The first kappa shape index (κ1) is 16.6. The van der Waals surface area contributed by atoms with Crippen LogP contribution < -0.4 is 5.43 Å². The molecular formula is C19H17N7O. The highest BCUT2D eigenvalue weighted by Crippen LogP contribution is 2.19. The normalized spacial score (nSPS) is 12.5. The van der Waals surface area contributed by atoms with Crippen LogP contribution in [0.15, 0.2) is 65.9 Å². The monoisotopic (exact) mass is 359 g/mol. The van der Waals surface area contributed by atoms with Crippen LogP contribution in [0.25, 0.3) is 22.3 Å². The number of carbonyl (C=O) groups excluding carboxylic acids is 1. The van der Waals surface area contributed by atoms with Gasteiger partial charge in [-0.1, -0.05) is 47.7 Å². The van der Waals surface area contributed by atoms with Gasteiger partial charge in [0, 0.05) is 11.1 Å². The number of hydrazone groups is 1. The number of aromatic amines is 1. The Labute approximate surface area is 154 Å². The lowest BCUT2D eigenvalue weighted by Gasteiger charge is -2.10. The van der Waals surface area contributed by atoms with E-state index in [0.29, 0.717) is 0 Å². The SMILES string of the molecule is CC(C(=O)N/N=C/c1cn[nH]c1-c1ccccc1)n1nnc2ccccc21. The summed E-state index contributed by atoms with van der Waals surface area (Å²) in [6.07, 6.45) is 3.22. The van der Waals surface area contributed by atoms with Gasteiger partial charge in [-0.05, 0) is 19.1 Å². The lowest BCUT2D eigenvalue weighted by molar-refractivity contribution is -0.124. The van der Waals surface area contributed by atoms with E-state index in [-0.39, 0.29) is 5.91 Å². The molecule has 4 aromatic rings. The van der Waals surface area contributed by atoms with Gasteiger partial charge in [0.15, 0.2) is 0 Å². The van der Waals surface area contributed by atoms with Crippen molar-refractivity contribution in [2.45, 2.75) is 13.0 Å². The number of amides is 1. The molecule has 0 fully saturated rings. The Balaban J connectivity index is 1.48. The van der Waals surface area contributed by atoms with Crippen molar-refractivity contribution in [3.63, 3.8) is 0 Å². The maximum Gasteiger partial charge on any atom is 0.264 e. The molecule has 2 heterocycles. The predicted molar refractivity (Wildman–Crippen MR) is 102 cm³/mol. The fourth-order valence-electron chi connectivity index (χ4n) is 2.77. The van der Waals surface area contributed by atoms with E-state index < -0.39 is 6.04 Å². The number of aromatic nitrogens is 5. The lowest BCUT2D eigenvalue weighted by Crippen LogP contribution is -2.28. The maximum atomic E-state index is 12.4. The molecule has 2 aromatic heterocycles. The maximum absolute atomic E-state index is 12.4. The van der Waals surface area contributed by atoms with Crippen LogP contribution in [0.4, 0.5) is 0 Å². The van der Waals surface area contributed by atoms with Crippen LogP contribution in [-0.4, -0.2) is 37.3 Å². The zero-order chi connectivity index (χ0) is 18.6. The van der Waals surface area contributed by atoms with Crippen molar-refractivity contribution >= 4 is 23.2 Å². The van der Waals surface area contributed by atoms with Gasteiger partial charge >= 0.3 is 0 Å². The second-order valence-corrected chi connectivity index (χ2v) is 6.00. The van der Waals surface area contributed by atoms with Crippen molar-refractivity contribution in [2.75, 3.05) is 0 Å². The van der Waals surface area contributed by atoms with Gasteiger partial charge in [0.25, 0.3) is 5.91 Å². The van der Waals surface area contributed by atoms with Gasteiger partial charge in [0.05, 0.1) is 23.6 Å². The van der Waals surface area contributed by atoms with Crippen molar-refractivity contribution < 1.29 is 4.79 Å². The van der Waals surface area contributed by atoms with E-state index in [2.05, 4.69) is 31.0 Å². The van der Waals surface area contributed by atoms with E-state index >= 15 is 0 Å². The van der Waals surface area contributed by atoms with Gasteiger partial charge in [-0.2, -0.15) is 10.2 Å². The Bertz CT molecular complexity index is 1100. The number of para-hydroxylation sites is 1. The molecule has 27 heavy (non-hydrogen) atoms. The molecule has 1 amide bonds. The molecule has 0 aliphatic rings. The summed E-state index contributed by atoms with van der Waals surface area (Å²) in [6, 6.07) is 16.7. The van der Waals surface area contributed by atoms with E-state index in [9.17, 15) is 4.79 Å². The van der Waals surface area contributed by atoms with E-state index in [0.717, 1.165) is 27.9 Å². The Hall–Kier alpha value is -3.81. The summed E-state index contributed by atoms with van der Waals surface area (Å²) in [7, 11) is 0. The van der Waals surface area contributed by atoms with E-state index in [1.165, 1.54) is 0 Å². The van der Waals surface area contributed by atoms with Crippen LogP contribution in [0.1, 0.15) is 18.5 Å². The third-order valence-corrected chi connectivity index (χ3v) is 4.23. The quantitative estimate of drug-likeness (QED) is 0.422. The molecule has 0 saturated heterocycles. The minimum absolute atomic E-state index is 0.286.